The molecule has 2 nitrogen and oxygen atoms in total. The van der Waals surface area contributed by atoms with Gasteiger partial charge in [0, 0.05) is 16.5 Å². The van der Waals surface area contributed by atoms with Crippen LogP contribution in [0.2, 0.25) is 0 Å². The van der Waals surface area contributed by atoms with Crippen molar-refractivity contribution in [1.82, 2.24) is 9.97 Å². The van der Waals surface area contributed by atoms with Gasteiger partial charge in [-0.25, -0.2) is 9.97 Å². The van der Waals surface area contributed by atoms with Gasteiger partial charge in [-0.1, -0.05) is 36.4 Å². The highest BCUT2D eigenvalue weighted by molar-refractivity contribution is 6.16. The average molecular weight is 282 g/mol. The highest BCUT2D eigenvalue weighted by Gasteiger charge is 2.27. The monoisotopic (exact) mass is 282 g/mol. The van der Waals surface area contributed by atoms with Gasteiger partial charge in [0.05, 0.1) is 22.4 Å². The van der Waals surface area contributed by atoms with Crippen LogP contribution in [0.25, 0.3) is 44.3 Å². The number of rotatable bonds is 0. The fraction of sp³-hybridized carbons (Fsp3) is 0.100. The molecule has 0 atom stereocenters. The van der Waals surface area contributed by atoms with Crippen molar-refractivity contribution in [1.29, 1.82) is 0 Å². The Balaban J connectivity index is 2.06. The SMILES string of the molecule is Cc1ccc2ccc(C)c3c2c1-c1nc2ccccc2nc1-3. The summed E-state index contributed by atoms with van der Waals surface area (Å²) in [7, 11) is 0. The van der Waals surface area contributed by atoms with Crippen LogP contribution in [-0.2, 0) is 0 Å². The highest BCUT2D eigenvalue weighted by atomic mass is 14.8. The zero-order valence-electron chi connectivity index (χ0n) is 12.5. The Morgan fingerprint density at radius 2 is 1.14 bits per heavy atom. The summed E-state index contributed by atoms with van der Waals surface area (Å²) in [5, 5.41) is 2.58. The van der Waals surface area contributed by atoms with Crippen molar-refractivity contribution in [2.75, 3.05) is 0 Å². The van der Waals surface area contributed by atoms with Crippen LogP contribution in [0, 0.1) is 13.8 Å². The van der Waals surface area contributed by atoms with Crippen LogP contribution in [0.4, 0.5) is 0 Å². The number of aromatic nitrogens is 2. The fourth-order valence-electron chi connectivity index (χ4n) is 3.59. The molecule has 0 N–H and O–H groups in total. The Kier molecular flexibility index (Phi) is 2.11. The van der Waals surface area contributed by atoms with E-state index in [1.54, 1.807) is 0 Å². The summed E-state index contributed by atoms with van der Waals surface area (Å²) in [6.45, 7) is 4.32. The van der Waals surface area contributed by atoms with Gasteiger partial charge >= 0.3 is 0 Å². The lowest BCUT2D eigenvalue weighted by Crippen LogP contribution is -1.91. The summed E-state index contributed by atoms with van der Waals surface area (Å²) in [6.07, 6.45) is 0. The molecule has 1 aromatic heterocycles. The molecule has 0 saturated heterocycles. The molecule has 0 aliphatic heterocycles. The Morgan fingerprint density at radius 1 is 0.636 bits per heavy atom. The van der Waals surface area contributed by atoms with E-state index in [4.69, 9.17) is 9.97 Å². The molecule has 4 aromatic rings. The number of hydrogen-bond acceptors (Lipinski definition) is 2. The maximum absolute atomic E-state index is 4.94. The van der Waals surface area contributed by atoms with Crippen molar-refractivity contribution in [2.45, 2.75) is 13.8 Å². The lowest BCUT2D eigenvalue weighted by atomic mass is 9.98. The number of hydrogen-bond donors (Lipinski definition) is 0. The van der Waals surface area contributed by atoms with E-state index in [0.717, 1.165) is 22.4 Å². The molecule has 3 aromatic carbocycles. The minimum absolute atomic E-state index is 0.961. The molecule has 0 radical (unpaired) electrons. The van der Waals surface area contributed by atoms with E-state index in [1.165, 1.54) is 33.0 Å². The topological polar surface area (TPSA) is 25.8 Å². The van der Waals surface area contributed by atoms with Crippen molar-refractivity contribution in [3.8, 4) is 22.5 Å². The summed E-state index contributed by atoms with van der Waals surface area (Å²) >= 11 is 0. The van der Waals surface area contributed by atoms with E-state index in [0.29, 0.717) is 0 Å². The number of fused-ring (bicyclic) bond motifs is 4. The van der Waals surface area contributed by atoms with Crippen LogP contribution in [-0.4, -0.2) is 9.97 Å². The molecule has 0 amide bonds. The molecule has 0 saturated carbocycles. The predicted octanol–water partition coefficient (Wildman–Crippen LogP) is 5.05. The smallest absolute Gasteiger partial charge is 0.0982 e. The highest BCUT2D eigenvalue weighted by Crippen LogP contribution is 2.48. The zero-order valence-corrected chi connectivity index (χ0v) is 12.5. The first-order valence-corrected chi connectivity index (χ1v) is 7.54. The van der Waals surface area contributed by atoms with Crippen LogP contribution in [0.5, 0.6) is 0 Å². The number of para-hydroxylation sites is 2. The van der Waals surface area contributed by atoms with E-state index in [1.807, 2.05) is 24.3 Å². The molecule has 1 aliphatic rings. The van der Waals surface area contributed by atoms with Crippen molar-refractivity contribution in [3.05, 3.63) is 59.7 Å². The third kappa shape index (κ3) is 1.34. The molecular weight excluding hydrogens is 268 g/mol. The molecule has 104 valence electrons. The van der Waals surface area contributed by atoms with Crippen molar-refractivity contribution < 1.29 is 0 Å². The Labute approximate surface area is 128 Å². The molecule has 0 bridgehead atoms. The Bertz CT molecular complexity index is 1010. The normalized spacial score (nSPS) is 12.1. The van der Waals surface area contributed by atoms with Gasteiger partial charge in [0.2, 0.25) is 0 Å². The maximum atomic E-state index is 4.94. The fourth-order valence-corrected chi connectivity index (χ4v) is 3.59. The third-order valence-corrected chi connectivity index (χ3v) is 4.65. The standard InChI is InChI=1S/C20H14N2/c1-11-7-9-13-10-8-12(2)17-18(13)16(11)19-20(17)22-15-6-4-3-5-14(15)21-19/h3-10H,1-2H3. The number of aryl methyl sites for hydroxylation is 2. The first-order valence-electron chi connectivity index (χ1n) is 7.54. The molecule has 22 heavy (non-hydrogen) atoms. The van der Waals surface area contributed by atoms with Gasteiger partial charge < -0.3 is 0 Å². The molecular formula is C20H14N2. The van der Waals surface area contributed by atoms with Crippen LogP contribution in [0.15, 0.2) is 48.5 Å². The van der Waals surface area contributed by atoms with Crippen LogP contribution in [0.3, 0.4) is 0 Å². The molecule has 0 unspecified atom stereocenters. The van der Waals surface area contributed by atoms with E-state index < -0.39 is 0 Å². The molecule has 0 spiro atoms. The lowest BCUT2D eigenvalue weighted by molar-refractivity contribution is 1.30. The molecule has 1 aliphatic carbocycles. The van der Waals surface area contributed by atoms with E-state index >= 15 is 0 Å². The largest absolute Gasteiger partial charge is 0.244 e. The van der Waals surface area contributed by atoms with Gasteiger partial charge in [0.15, 0.2) is 0 Å². The number of benzene rings is 3. The predicted molar refractivity (Wildman–Crippen MR) is 90.9 cm³/mol. The summed E-state index contributed by atoms with van der Waals surface area (Å²) < 4.78 is 0. The van der Waals surface area contributed by atoms with Gasteiger partial charge in [-0.3, -0.25) is 0 Å². The summed E-state index contributed by atoms with van der Waals surface area (Å²) in [5.41, 5.74) is 9.03. The second-order valence-electron chi connectivity index (χ2n) is 6.02. The van der Waals surface area contributed by atoms with Gasteiger partial charge in [0.1, 0.15) is 0 Å². The average Bonchev–Trinajstić information content (AvgIpc) is 2.87. The first kappa shape index (κ1) is 11.9. The summed E-state index contributed by atoms with van der Waals surface area (Å²) in [5.74, 6) is 0. The first-order chi connectivity index (χ1) is 10.7. The lowest BCUT2D eigenvalue weighted by Gasteiger charge is -2.06. The molecule has 1 heterocycles. The van der Waals surface area contributed by atoms with Crippen molar-refractivity contribution in [3.63, 3.8) is 0 Å². The van der Waals surface area contributed by atoms with Gasteiger partial charge in [-0.05, 0) is 42.5 Å². The minimum atomic E-state index is 0.961. The van der Waals surface area contributed by atoms with Crippen molar-refractivity contribution in [2.24, 2.45) is 0 Å². The van der Waals surface area contributed by atoms with Crippen LogP contribution >= 0.6 is 0 Å². The second kappa shape index (κ2) is 3.92. The van der Waals surface area contributed by atoms with E-state index in [2.05, 4.69) is 38.1 Å². The maximum Gasteiger partial charge on any atom is 0.0982 e. The van der Waals surface area contributed by atoms with Gasteiger partial charge in [0.25, 0.3) is 0 Å². The minimum Gasteiger partial charge on any atom is -0.244 e. The van der Waals surface area contributed by atoms with Crippen LogP contribution < -0.4 is 0 Å². The quantitative estimate of drug-likeness (QED) is 0.397. The van der Waals surface area contributed by atoms with Gasteiger partial charge in [-0.15, -0.1) is 0 Å². The summed E-state index contributed by atoms with van der Waals surface area (Å²) in [6, 6.07) is 16.9. The van der Waals surface area contributed by atoms with Crippen LogP contribution in [0.1, 0.15) is 11.1 Å². The zero-order chi connectivity index (χ0) is 14.8. The van der Waals surface area contributed by atoms with E-state index in [9.17, 15) is 0 Å². The third-order valence-electron chi connectivity index (χ3n) is 4.65. The second-order valence-corrected chi connectivity index (χ2v) is 6.02. The molecule has 2 heteroatoms. The Morgan fingerprint density at radius 3 is 1.64 bits per heavy atom. The van der Waals surface area contributed by atoms with E-state index in [-0.39, 0.29) is 0 Å². The van der Waals surface area contributed by atoms with Crippen molar-refractivity contribution >= 4 is 21.8 Å². The Hall–Kier alpha value is -2.74. The number of nitrogens with zero attached hydrogens (tertiary/aromatic N) is 2. The molecule has 0 fully saturated rings. The molecule has 5 rings (SSSR count). The van der Waals surface area contributed by atoms with Gasteiger partial charge in [-0.2, -0.15) is 0 Å². The summed E-state index contributed by atoms with van der Waals surface area (Å²) in [4.78, 5) is 9.87.